The van der Waals surface area contributed by atoms with E-state index >= 15 is 0 Å². The molecule has 4 heteroatoms. The van der Waals surface area contributed by atoms with Gasteiger partial charge in [0.1, 0.15) is 6.10 Å². The molecule has 0 spiro atoms. The molecule has 0 aliphatic heterocycles. The molecule has 0 saturated heterocycles. The van der Waals surface area contributed by atoms with E-state index in [1.54, 1.807) is 24.3 Å². The minimum absolute atomic E-state index is 0.249. The Morgan fingerprint density at radius 1 is 0.931 bits per heavy atom. The van der Waals surface area contributed by atoms with Gasteiger partial charge in [0.15, 0.2) is 0 Å². The molecule has 2 unspecified atom stereocenters. The molecule has 2 atom stereocenters. The molecule has 0 bridgehead atoms. The SMILES string of the molecule is CCCC#CCC(CC)OC(=O)c1ccccc1C(=O)OCC(CC)CCCC. The fourth-order valence-electron chi connectivity index (χ4n) is 2.89. The smallest absolute Gasteiger partial charge is 0.339 e. The molecular weight excluding hydrogens is 364 g/mol. The summed E-state index contributed by atoms with van der Waals surface area (Å²) in [6, 6.07) is 6.69. The second-order valence-electron chi connectivity index (χ2n) is 7.30. The maximum atomic E-state index is 12.7. The quantitative estimate of drug-likeness (QED) is 0.310. The van der Waals surface area contributed by atoms with Crippen LogP contribution in [0.4, 0.5) is 0 Å². The topological polar surface area (TPSA) is 52.6 Å². The highest BCUT2D eigenvalue weighted by molar-refractivity contribution is 6.03. The molecule has 4 nitrogen and oxygen atoms in total. The normalized spacial score (nSPS) is 12.4. The van der Waals surface area contributed by atoms with E-state index in [-0.39, 0.29) is 17.2 Å². The molecular formula is C25H36O4. The Kier molecular flexibility index (Phi) is 12.5. The zero-order valence-electron chi connectivity index (χ0n) is 18.5. The van der Waals surface area contributed by atoms with E-state index in [1.807, 2.05) is 6.92 Å². The van der Waals surface area contributed by atoms with Crippen molar-refractivity contribution in [2.45, 2.75) is 85.2 Å². The van der Waals surface area contributed by atoms with Crippen LogP contribution >= 0.6 is 0 Å². The van der Waals surface area contributed by atoms with Gasteiger partial charge in [-0.25, -0.2) is 9.59 Å². The first kappa shape index (κ1) is 24.8. The van der Waals surface area contributed by atoms with Crippen LogP contribution in [-0.2, 0) is 9.47 Å². The predicted octanol–water partition coefficient (Wildman–Crippen LogP) is 6.19. The van der Waals surface area contributed by atoms with Gasteiger partial charge in [0, 0.05) is 12.8 Å². The van der Waals surface area contributed by atoms with Crippen LogP contribution in [0.25, 0.3) is 0 Å². The van der Waals surface area contributed by atoms with Crippen LogP contribution in [0.5, 0.6) is 0 Å². The largest absolute Gasteiger partial charge is 0.462 e. The third-order valence-corrected chi connectivity index (χ3v) is 4.92. The van der Waals surface area contributed by atoms with E-state index in [0.717, 1.165) is 38.5 Å². The summed E-state index contributed by atoms with van der Waals surface area (Å²) in [7, 11) is 0. The molecule has 0 N–H and O–H groups in total. The highest BCUT2D eigenvalue weighted by Crippen LogP contribution is 2.17. The fraction of sp³-hybridized carbons (Fsp3) is 0.600. The second kappa shape index (κ2) is 14.7. The van der Waals surface area contributed by atoms with Crippen molar-refractivity contribution in [2.24, 2.45) is 5.92 Å². The fourth-order valence-corrected chi connectivity index (χ4v) is 2.89. The molecule has 1 rings (SSSR count). The number of unbranched alkanes of at least 4 members (excludes halogenated alkanes) is 2. The number of rotatable bonds is 12. The Hall–Kier alpha value is -2.28. The summed E-state index contributed by atoms with van der Waals surface area (Å²) >= 11 is 0. The standard InChI is InChI=1S/C25H36O4/c1-5-9-11-12-16-21(8-4)29-25(27)23-18-14-13-17-22(23)24(26)28-19-20(7-3)15-10-6-2/h13-14,17-18,20-21H,5-10,15-16,19H2,1-4H3. The Balaban J connectivity index is 2.77. The van der Waals surface area contributed by atoms with E-state index < -0.39 is 11.9 Å². The number of carbonyl (C=O) groups excluding carboxylic acids is 2. The van der Waals surface area contributed by atoms with E-state index in [9.17, 15) is 9.59 Å². The Morgan fingerprint density at radius 2 is 1.62 bits per heavy atom. The van der Waals surface area contributed by atoms with Gasteiger partial charge in [0.25, 0.3) is 0 Å². The van der Waals surface area contributed by atoms with Crippen LogP contribution < -0.4 is 0 Å². The predicted molar refractivity (Wildman–Crippen MR) is 117 cm³/mol. The lowest BCUT2D eigenvalue weighted by atomic mass is 10.0. The van der Waals surface area contributed by atoms with Gasteiger partial charge in [0.05, 0.1) is 17.7 Å². The second-order valence-corrected chi connectivity index (χ2v) is 7.30. The van der Waals surface area contributed by atoms with Crippen LogP contribution in [0.3, 0.4) is 0 Å². The van der Waals surface area contributed by atoms with Crippen LogP contribution in [0.2, 0.25) is 0 Å². The van der Waals surface area contributed by atoms with Crippen molar-refractivity contribution in [1.29, 1.82) is 0 Å². The molecule has 0 aliphatic rings. The van der Waals surface area contributed by atoms with Crippen LogP contribution in [0, 0.1) is 17.8 Å². The van der Waals surface area contributed by atoms with Gasteiger partial charge in [-0.3, -0.25) is 0 Å². The van der Waals surface area contributed by atoms with Gasteiger partial charge in [-0.2, -0.15) is 0 Å². The number of carbonyl (C=O) groups is 2. The van der Waals surface area contributed by atoms with Gasteiger partial charge in [-0.1, -0.05) is 65.0 Å². The number of benzene rings is 1. The van der Waals surface area contributed by atoms with E-state index in [2.05, 4.69) is 32.6 Å². The molecule has 29 heavy (non-hydrogen) atoms. The van der Waals surface area contributed by atoms with Crippen LogP contribution in [-0.4, -0.2) is 24.6 Å². The molecule has 0 amide bonds. The third-order valence-electron chi connectivity index (χ3n) is 4.92. The van der Waals surface area contributed by atoms with Gasteiger partial charge >= 0.3 is 11.9 Å². The van der Waals surface area contributed by atoms with Crippen molar-refractivity contribution < 1.29 is 19.1 Å². The van der Waals surface area contributed by atoms with Crippen molar-refractivity contribution in [2.75, 3.05) is 6.61 Å². The third kappa shape index (κ3) is 9.17. The summed E-state index contributed by atoms with van der Waals surface area (Å²) in [6.45, 7) is 8.67. The summed E-state index contributed by atoms with van der Waals surface area (Å²) in [4.78, 5) is 25.3. The van der Waals surface area contributed by atoms with Gasteiger partial charge in [0.2, 0.25) is 0 Å². The molecule has 1 aromatic rings. The first-order valence-corrected chi connectivity index (χ1v) is 11.0. The summed E-state index contributed by atoms with van der Waals surface area (Å²) in [5.41, 5.74) is 0.508. The maximum Gasteiger partial charge on any atom is 0.339 e. The molecule has 0 radical (unpaired) electrons. The zero-order valence-corrected chi connectivity index (χ0v) is 18.5. The first-order chi connectivity index (χ1) is 14.1. The van der Waals surface area contributed by atoms with Crippen LogP contribution in [0.15, 0.2) is 24.3 Å². The van der Waals surface area contributed by atoms with Crippen molar-refractivity contribution in [3.05, 3.63) is 35.4 Å². The molecule has 0 heterocycles. The first-order valence-electron chi connectivity index (χ1n) is 11.0. The molecule has 0 aromatic heterocycles. The summed E-state index contributed by atoms with van der Waals surface area (Å²) < 4.78 is 11.1. The molecule has 0 fully saturated rings. The molecule has 160 valence electrons. The number of ether oxygens (including phenoxy) is 2. The highest BCUT2D eigenvalue weighted by atomic mass is 16.5. The molecule has 1 aromatic carbocycles. The zero-order chi connectivity index (χ0) is 21.5. The van der Waals surface area contributed by atoms with Crippen molar-refractivity contribution in [1.82, 2.24) is 0 Å². The summed E-state index contributed by atoms with van der Waals surface area (Å²) in [6.07, 6.45) is 7.01. The van der Waals surface area contributed by atoms with E-state index in [0.29, 0.717) is 25.4 Å². The summed E-state index contributed by atoms with van der Waals surface area (Å²) in [5.74, 6) is 5.52. The van der Waals surface area contributed by atoms with Gasteiger partial charge in [-0.05, 0) is 37.3 Å². The highest BCUT2D eigenvalue weighted by Gasteiger charge is 2.22. The molecule has 0 saturated carbocycles. The lowest BCUT2D eigenvalue weighted by Gasteiger charge is -2.17. The van der Waals surface area contributed by atoms with Gasteiger partial charge in [-0.15, -0.1) is 5.92 Å². The molecule has 0 aliphatic carbocycles. The lowest BCUT2D eigenvalue weighted by molar-refractivity contribution is 0.0288. The van der Waals surface area contributed by atoms with E-state index in [4.69, 9.17) is 9.47 Å². The Labute approximate surface area is 176 Å². The number of hydrogen-bond acceptors (Lipinski definition) is 4. The van der Waals surface area contributed by atoms with Crippen molar-refractivity contribution in [3.8, 4) is 11.8 Å². The summed E-state index contributed by atoms with van der Waals surface area (Å²) in [5, 5.41) is 0. The van der Waals surface area contributed by atoms with E-state index in [1.165, 1.54) is 0 Å². The monoisotopic (exact) mass is 400 g/mol. The van der Waals surface area contributed by atoms with Crippen molar-refractivity contribution >= 4 is 11.9 Å². The number of esters is 2. The van der Waals surface area contributed by atoms with Crippen molar-refractivity contribution in [3.63, 3.8) is 0 Å². The Bertz CT molecular complexity index is 684. The Morgan fingerprint density at radius 3 is 2.21 bits per heavy atom. The lowest BCUT2D eigenvalue weighted by Crippen LogP contribution is -2.21. The number of hydrogen-bond donors (Lipinski definition) is 0. The minimum atomic E-state index is -0.500. The van der Waals surface area contributed by atoms with Crippen LogP contribution in [0.1, 0.15) is 99.8 Å². The average Bonchev–Trinajstić information content (AvgIpc) is 2.75. The maximum absolute atomic E-state index is 12.7. The average molecular weight is 401 g/mol. The minimum Gasteiger partial charge on any atom is -0.462 e. The van der Waals surface area contributed by atoms with Gasteiger partial charge < -0.3 is 9.47 Å².